The molecular formula is C16H19N3O2. The standard InChI is InChI=1S/C16H19N3O2/c1-10(2)13-6-11(3)18-16(19-13)17-8-12-4-5-14-15(7-12)21-9-20-14/h4-7,10H,8-9H2,1-3H3,(H,17,18,19). The molecule has 1 N–H and O–H groups in total. The van der Waals surface area contributed by atoms with Crippen molar-refractivity contribution in [3.05, 3.63) is 41.2 Å². The van der Waals surface area contributed by atoms with Gasteiger partial charge in [0.15, 0.2) is 11.5 Å². The van der Waals surface area contributed by atoms with Crippen LogP contribution in [0.4, 0.5) is 5.95 Å². The van der Waals surface area contributed by atoms with Crippen LogP contribution in [0.25, 0.3) is 0 Å². The van der Waals surface area contributed by atoms with Crippen LogP contribution in [-0.2, 0) is 6.54 Å². The number of fused-ring (bicyclic) bond motifs is 1. The third kappa shape index (κ3) is 3.07. The van der Waals surface area contributed by atoms with E-state index >= 15 is 0 Å². The van der Waals surface area contributed by atoms with E-state index in [0.717, 1.165) is 28.5 Å². The number of aromatic nitrogens is 2. The van der Waals surface area contributed by atoms with Gasteiger partial charge in [0, 0.05) is 17.9 Å². The van der Waals surface area contributed by atoms with Gasteiger partial charge in [0.2, 0.25) is 12.7 Å². The minimum absolute atomic E-state index is 0.297. The molecule has 5 heteroatoms. The van der Waals surface area contributed by atoms with E-state index in [2.05, 4.69) is 29.1 Å². The summed E-state index contributed by atoms with van der Waals surface area (Å²) in [5.41, 5.74) is 3.13. The Hall–Kier alpha value is -2.30. The van der Waals surface area contributed by atoms with Gasteiger partial charge in [0.05, 0.1) is 0 Å². The number of hydrogen-bond donors (Lipinski definition) is 1. The van der Waals surface area contributed by atoms with Crippen LogP contribution in [0.15, 0.2) is 24.3 Å². The Labute approximate surface area is 124 Å². The molecule has 110 valence electrons. The number of nitrogens with zero attached hydrogens (tertiary/aromatic N) is 2. The van der Waals surface area contributed by atoms with Crippen LogP contribution in [0.3, 0.4) is 0 Å². The minimum atomic E-state index is 0.297. The number of ether oxygens (including phenoxy) is 2. The lowest BCUT2D eigenvalue weighted by Gasteiger charge is -2.10. The summed E-state index contributed by atoms with van der Waals surface area (Å²) < 4.78 is 10.7. The van der Waals surface area contributed by atoms with Crippen LogP contribution in [0, 0.1) is 6.92 Å². The molecule has 0 saturated carbocycles. The summed E-state index contributed by atoms with van der Waals surface area (Å²) in [7, 11) is 0. The molecule has 0 saturated heterocycles. The Morgan fingerprint density at radius 1 is 1.14 bits per heavy atom. The third-order valence-electron chi connectivity index (χ3n) is 3.35. The van der Waals surface area contributed by atoms with Gasteiger partial charge >= 0.3 is 0 Å². The highest BCUT2D eigenvalue weighted by atomic mass is 16.7. The van der Waals surface area contributed by atoms with E-state index in [-0.39, 0.29) is 0 Å². The SMILES string of the molecule is Cc1cc(C(C)C)nc(NCc2ccc3c(c2)OCO3)n1. The van der Waals surface area contributed by atoms with Gasteiger partial charge in [-0.1, -0.05) is 19.9 Å². The van der Waals surface area contributed by atoms with Crippen molar-refractivity contribution in [2.24, 2.45) is 0 Å². The number of aryl methyl sites for hydroxylation is 1. The summed E-state index contributed by atoms with van der Waals surface area (Å²) >= 11 is 0. The number of anilines is 1. The highest BCUT2D eigenvalue weighted by Gasteiger charge is 2.13. The number of benzene rings is 1. The molecule has 1 aromatic heterocycles. The molecule has 0 aliphatic carbocycles. The van der Waals surface area contributed by atoms with Gasteiger partial charge in [0.1, 0.15) is 0 Å². The normalized spacial score (nSPS) is 12.8. The molecule has 5 nitrogen and oxygen atoms in total. The predicted octanol–water partition coefficient (Wildman–Crippen LogP) is 3.25. The largest absolute Gasteiger partial charge is 0.454 e. The second-order valence-electron chi connectivity index (χ2n) is 5.45. The molecule has 1 aliphatic heterocycles. The Kier molecular flexibility index (Phi) is 3.64. The molecule has 0 bridgehead atoms. The van der Waals surface area contributed by atoms with Gasteiger partial charge in [-0.25, -0.2) is 9.97 Å². The van der Waals surface area contributed by atoms with Gasteiger partial charge in [-0.15, -0.1) is 0 Å². The van der Waals surface area contributed by atoms with Gasteiger partial charge < -0.3 is 14.8 Å². The van der Waals surface area contributed by atoms with Crippen LogP contribution in [0.5, 0.6) is 11.5 Å². The van der Waals surface area contributed by atoms with Crippen molar-refractivity contribution in [1.82, 2.24) is 9.97 Å². The quantitative estimate of drug-likeness (QED) is 0.934. The Morgan fingerprint density at radius 3 is 2.76 bits per heavy atom. The molecule has 0 unspecified atom stereocenters. The summed E-state index contributed by atoms with van der Waals surface area (Å²) in [5, 5.41) is 3.27. The van der Waals surface area contributed by atoms with Gasteiger partial charge in [-0.3, -0.25) is 0 Å². The van der Waals surface area contributed by atoms with Crippen molar-refractivity contribution in [3.8, 4) is 11.5 Å². The lowest BCUT2D eigenvalue weighted by Crippen LogP contribution is -2.07. The summed E-state index contributed by atoms with van der Waals surface area (Å²) in [6.07, 6.45) is 0. The highest BCUT2D eigenvalue weighted by molar-refractivity contribution is 5.45. The van der Waals surface area contributed by atoms with Crippen LogP contribution in [0.2, 0.25) is 0 Å². The van der Waals surface area contributed by atoms with Crippen LogP contribution in [0.1, 0.15) is 36.7 Å². The molecule has 1 aliphatic rings. The van der Waals surface area contributed by atoms with Crippen molar-refractivity contribution in [1.29, 1.82) is 0 Å². The lowest BCUT2D eigenvalue weighted by molar-refractivity contribution is 0.174. The Morgan fingerprint density at radius 2 is 1.95 bits per heavy atom. The van der Waals surface area contributed by atoms with Gasteiger partial charge in [-0.05, 0) is 36.6 Å². The minimum Gasteiger partial charge on any atom is -0.454 e. The smallest absolute Gasteiger partial charge is 0.231 e. The van der Waals surface area contributed by atoms with Crippen LogP contribution < -0.4 is 14.8 Å². The van der Waals surface area contributed by atoms with E-state index < -0.39 is 0 Å². The zero-order chi connectivity index (χ0) is 14.8. The van der Waals surface area contributed by atoms with Crippen molar-refractivity contribution in [3.63, 3.8) is 0 Å². The van der Waals surface area contributed by atoms with Crippen LogP contribution in [-0.4, -0.2) is 16.8 Å². The summed E-state index contributed by atoms with van der Waals surface area (Å²) in [4.78, 5) is 8.97. The fourth-order valence-electron chi connectivity index (χ4n) is 2.20. The average molecular weight is 285 g/mol. The summed E-state index contributed by atoms with van der Waals surface area (Å²) in [5.74, 6) is 2.64. The first kappa shape index (κ1) is 13.7. The summed E-state index contributed by atoms with van der Waals surface area (Å²) in [6, 6.07) is 7.95. The van der Waals surface area contributed by atoms with Gasteiger partial charge in [0.25, 0.3) is 0 Å². The topological polar surface area (TPSA) is 56.3 Å². The molecule has 21 heavy (non-hydrogen) atoms. The number of rotatable bonds is 4. The van der Waals surface area contributed by atoms with Crippen molar-refractivity contribution < 1.29 is 9.47 Å². The fourth-order valence-corrected chi connectivity index (χ4v) is 2.20. The molecule has 0 atom stereocenters. The monoisotopic (exact) mass is 285 g/mol. The fraction of sp³-hybridized carbons (Fsp3) is 0.375. The Balaban J connectivity index is 1.73. The lowest BCUT2D eigenvalue weighted by atomic mass is 10.1. The number of hydrogen-bond acceptors (Lipinski definition) is 5. The van der Waals surface area contributed by atoms with E-state index in [1.54, 1.807) is 0 Å². The molecule has 3 rings (SSSR count). The first-order valence-electron chi connectivity index (χ1n) is 7.10. The first-order chi connectivity index (χ1) is 10.1. The molecule has 0 spiro atoms. The van der Waals surface area contributed by atoms with E-state index in [4.69, 9.17) is 9.47 Å². The number of nitrogens with one attached hydrogen (secondary N) is 1. The van der Waals surface area contributed by atoms with E-state index in [9.17, 15) is 0 Å². The zero-order valence-corrected chi connectivity index (χ0v) is 12.5. The Bertz CT molecular complexity index is 656. The van der Waals surface area contributed by atoms with Crippen LogP contribution >= 0.6 is 0 Å². The molecule has 2 heterocycles. The summed E-state index contributed by atoms with van der Waals surface area (Å²) in [6.45, 7) is 7.19. The average Bonchev–Trinajstić information content (AvgIpc) is 2.92. The second-order valence-corrected chi connectivity index (χ2v) is 5.45. The van der Waals surface area contributed by atoms with E-state index in [1.807, 2.05) is 31.2 Å². The predicted molar refractivity (Wildman–Crippen MR) is 80.7 cm³/mol. The zero-order valence-electron chi connectivity index (χ0n) is 12.5. The molecule has 0 radical (unpaired) electrons. The maximum absolute atomic E-state index is 5.38. The highest BCUT2D eigenvalue weighted by Crippen LogP contribution is 2.32. The first-order valence-corrected chi connectivity index (χ1v) is 7.10. The third-order valence-corrected chi connectivity index (χ3v) is 3.35. The maximum Gasteiger partial charge on any atom is 0.231 e. The van der Waals surface area contributed by atoms with Gasteiger partial charge in [-0.2, -0.15) is 0 Å². The van der Waals surface area contributed by atoms with E-state index in [1.165, 1.54) is 0 Å². The maximum atomic E-state index is 5.38. The molecule has 0 fully saturated rings. The van der Waals surface area contributed by atoms with E-state index in [0.29, 0.717) is 25.2 Å². The molecular weight excluding hydrogens is 266 g/mol. The molecule has 2 aromatic rings. The van der Waals surface area contributed by atoms with Crippen molar-refractivity contribution in [2.45, 2.75) is 33.2 Å². The van der Waals surface area contributed by atoms with Crippen molar-refractivity contribution in [2.75, 3.05) is 12.1 Å². The second kappa shape index (κ2) is 5.60. The van der Waals surface area contributed by atoms with Crippen molar-refractivity contribution >= 4 is 5.95 Å². The molecule has 0 amide bonds. The molecule has 1 aromatic carbocycles.